The first-order valence-electron chi connectivity index (χ1n) is 42.3. The molecule has 0 spiro atoms. The van der Waals surface area contributed by atoms with Crippen LogP contribution in [0.4, 0.5) is 0 Å². The molecule has 0 nitrogen and oxygen atoms in total. The van der Waals surface area contributed by atoms with Gasteiger partial charge in [-0.2, -0.15) is 0 Å². The number of hydrogen-bond donors (Lipinski definition) is 0. The maximum absolute atomic E-state index is 2.74. The Morgan fingerprint density at radius 1 is 0.243 bits per heavy atom. The largest absolute Gasteiger partial charge is 0.105 e. The van der Waals surface area contributed by atoms with E-state index in [1.807, 2.05) is 0 Å². The molecule has 2 saturated carbocycles. The topological polar surface area (TPSA) is 0 Å². The number of rotatable bonds is 32. The van der Waals surface area contributed by atoms with E-state index in [9.17, 15) is 0 Å². The third-order valence-electron chi connectivity index (χ3n) is 22.2. The van der Waals surface area contributed by atoms with Crippen molar-refractivity contribution in [3.8, 4) is 0 Å². The molecule has 14 rings (SSSR count). The summed E-state index contributed by atoms with van der Waals surface area (Å²) >= 11 is 0. The summed E-state index contributed by atoms with van der Waals surface area (Å²) in [6, 6.07) is 99.9. The fourth-order valence-electron chi connectivity index (χ4n) is 16.4. The number of fused-ring (bicyclic) bond motifs is 5. The highest BCUT2D eigenvalue weighted by molar-refractivity contribution is 7.80. The maximum atomic E-state index is 2.74. The van der Waals surface area contributed by atoms with Crippen molar-refractivity contribution in [2.24, 2.45) is 0 Å². The highest BCUT2D eigenvalue weighted by atomic mass is 31.1. The minimum absolute atomic E-state index is 0.00456. The molecule has 2 aliphatic carbocycles. The van der Waals surface area contributed by atoms with E-state index in [4.69, 9.17) is 0 Å². The van der Waals surface area contributed by atoms with Crippen LogP contribution >= 0.6 is 40.9 Å². The van der Waals surface area contributed by atoms with Crippen LogP contribution in [0.1, 0.15) is 220 Å². The molecule has 5 heteroatoms. The summed E-state index contributed by atoms with van der Waals surface area (Å²) in [5.41, 5.74) is 1.99. The van der Waals surface area contributed by atoms with Gasteiger partial charge in [-0.1, -0.05) is 466 Å². The summed E-state index contributed by atoms with van der Waals surface area (Å²) in [5.74, 6) is 0. The highest BCUT2D eigenvalue weighted by Crippen LogP contribution is 2.56. The Morgan fingerprint density at radius 3 is 0.869 bits per heavy atom. The zero-order valence-electron chi connectivity index (χ0n) is 66.0. The third kappa shape index (κ3) is 26.4. The Bertz CT molecular complexity index is 4290. The van der Waals surface area contributed by atoms with E-state index >= 15 is 0 Å². The normalized spacial score (nSPS) is 13.3. The van der Waals surface area contributed by atoms with E-state index in [0.717, 1.165) is 11.3 Å². The smallest absolute Gasteiger partial charge is 0.00726 e. The molecule has 2 aliphatic rings. The van der Waals surface area contributed by atoms with Gasteiger partial charge in [-0.05, 0) is 186 Å². The third-order valence-corrected chi connectivity index (χ3v) is 34.3. The second-order valence-electron chi connectivity index (χ2n) is 30.2. The summed E-state index contributed by atoms with van der Waals surface area (Å²) in [6.45, 7) is 9.22. The van der Waals surface area contributed by atoms with Crippen molar-refractivity contribution in [2.45, 2.75) is 232 Å². The van der Waals surface area contributed by atoms with Gasteiger partial charge >= 0.3 is 0 Å². The molecule has 1 unspecified atom stereocenters. The Kier molecular flexibility index (Phi) is 38.0. The molecule has 0 amide bonds. The van der Waals surface area contributed by atoms with Crippen LogP contribution in [0.2, 0.25) is 0 Å². The average molecular weight is 1510 g/mol. The second kappa shape index (κ2) is 48.7. The van der Waals surface area contributed by atoms with Crippen LogP contribution in [-0.4, -0.2) is 36.0 Å². The lowest BCUT2D eigenvalue weighted by Gasteiger charge is -2.39. The predicted molar refractivity (Wildman–Crippen MR) is 496 cm³/mol. The molecule has 0 aliphatic heterocycles. The van der Waals surface area contributed by atoms with Crippen molar-refractivity contribution in [1.29, 1.82) is 0 Å². The minimum atomic E-state index is -0.546. The first-order chi connectivity index (χ1) is 53.0. The number of unbranched alkanes of at least 4 members (excludes halogenated alkanes) is 16. The van der Waals surface area contributed by atoms with E-state index in [2.05, 4.69) is 310 Å². The van der Waals surface area contributed by atoms with Crippen molar-refractivity contribution >= 4 is 132 Å². The van der Waals surface area contributed by atoms with Crippen molar-refractivity contribution in [3.63, 3.8) is 0 Å². The molecule has 0 aromatic heterocycles. The lowest BCUT2D eigenvalue weighted by Crippen LogP contribution is -2.26. The molecule has 0 bridgehead atoms. The molecule has 107 heavy (non-hydrogen) atoms. The Labute approximate surface area is 656 Å². The lowest BCUT2D eigenvalue weighted by molar-refractivity contribution is 0.487. The Hall–Kier alpha value is -5.91. The lowest BCUT2D eigenvalue weighted by atomic mass is 9.99. The van der Waals surface area contributed by atoms with Crippen LogP contribution < -0.4 is 37.1 Å². The van der Waals surface area contributed by atoms with Gasteiger partial charge in [-0.3, -0.25) is 0 Å². The Morgan fingerprint density at radius 2 is 0.505 bits per heavy atom. The van der Waals surface area contributed by atoms with Gasteiger partial charge in [0.05, 0.1) is 0 Å². The Balaban J connectivity index is 0.000000146. The van der Waals surface area contributed by atoms with Crippen LogP contribution in [0.3, 0.4) is 0 Å². The van der Waals surface area contributed by atoms with Crippen LogP contribution in [0.5, 0.6) is 0 Å². The number of hydrogen-bond acceptors (Lipinski definition) is 0. The van der Waals surface area contributed by atoms with E-state index in [1.165, 1.54) is 287 Å². The maximum Gasteiger partial charge on any atom is -0.00726 e. The van der Waals surface area contributed by atoms with Crippen molar-refractivity contribution in [2.75, 3.05) is 24.6 Å². The van der Waals surface area contributed by atoms with Gasteiger partial charge in [0.2, 0.25) is 0 Å². The monoisotopic (exact) mass is 1510 g/mol. The molecule has 0 radical (unpaired) electrons. The summed E-state index contributed by atoms with van der Waals surface area (Å²) in [5, 5.41) is 24.7. The van der Waals surface area contributed by atoms with Gasteiger partial charge in [0, 0.05) is 0 Å². The summed E-state index contributed by atoms with van der Waals surface area (Å²) in [7, 11) is 2.21. The molecule has 0 heterocycles. The highest BCUT2D eigenvalue weighted by Gasteiger charge is 2.33. The van der Waals surface area contributed by atoms with Gasteiger partial charge in [-0.25, -0.2) is 0 Å². The molecular formula is C102H129P5. The average Bonchev–Trinajstić information content (AvgIpc) is 0.798. The molecule has 562 valence electrons. The summed E-state index contributed by atoms with van der Waals surface area (Å²) in [4.78, 5) is 0. The quantitative estimate of drug-likeness (QED) is 0.0291. The first kappa shape index (κ1) is 83.6. The molecular weight excluding hydrogens is 1380 g/mol. The molecule has 12 aromatic rings. The molecule has 12 aromatic carbocycles. The van der Waals surface area contributed by atoms with Gasteiger partial charge < -0.3 is 0 Å². The predicted octanol–water partition coefficient (Wildman–Crippen LogP) is 29.3. The second-order valence-corrected chi connectivity index (χ2v) is 40.7. The molecule has 0 saturated heterocycles. The van der Waals surface area contributed by atoms with E-state index in [-0.39, 0.29) is 23.8 Å². The summed E-state index contributed by atoms with van der Waals surface area (Å²) < 4.78 is 0. The minimum Gasteiger partial charge on any atom is -0.105 e. The van der Waals surface area contributed by atoms with E-state index in [0.29, 0.717) is 0 Å². The van der Waals surface area contributed by atoms with E-state index in [1.54, 1.807) is 21.3 Å². The van der Waals surface area contributed by atoms with Crippen molar-refractivity contribution in [1.82, 2.24) is 0 Å². The van der Waals surface area contributed by atoms with Crippen molar-refractivity contribution < 1.29 is 0 Å². The van der Waals surface area contributed by atoms with Crippen molar-refractivity contribution in [3.05, 3.63) is 273 Å². The first-order valence-corrected chi connectivity index (χ1v) is 49.1. The van der Waals surface area contributed by atoms with Gasteiger partial charge in [0.1, 0.15) is 0 Å². The van der Waals surface area contributed by atoms with Crippen LogP contribution in [0.25, 0.3) is 53.9 Å². The SMILES string of the molecule is CCCCCCCCP(CCCCCCCC)c1cccc2ccccc12.CCCCCCP(CCCCCC)c1cccc2ccccc12.Pc1cccc2ccccc12.c1ccc(P(c2ccccc2)c2cccc3ccccc23)cc1.c1ccc2c(P(C3CCCCC3)C3CCCCC3)cccc2c1. The van der Waals surface area contributed by atoms with Crippen LogP contribution in [0.15, 0.2) is 273 Å². The van der Waals surface area contributed by atoms with Crippen LogP contribution in [0, 0.1) is 0 Å². The molecule has 1 atom stereocenters. The zero-order chi connectivity index (χ0) is 74.1. The standard InChI is InChI=1S/C26H41P.C22H29P.C22H17P.C22H33P.C10H9P/c1-3-5-7-9-11-15-22-27(23-16-12-10-8-6-4-2)26-21-17-19-24-18-13-14-20-25(24)26;2*1-3-12-19(13-4-1)23(20-14-5-2-6-15-20)22-17-9-11-18-10-7-8-16-21(18)22;1-3-5-7-11-18-23(19-12-8-6-4-2)22-17-13-15-20-14-9-10-16-21(20)22;11-10-7-3-5-8-4-1-2-6-9(8)10/h13-14,17-21H,3-12,15-16,22-23H2,1-2H3;7-11,16-17,19-20H,1-6,12-15H2;1-17H;9-10,13-17H,3-8,11-12,18-19H2,1-2H3;1-7H,11H2. The fourth-order valence-corrected chi connectivity index (χ4v) is 28.7. The molecule has 2 fully saturated rings. The van der Waals surface area contributed by atoms with Gasteiger partial charge in [0.25, 0.3) is 0 Å². The number of benzene rings is 12. The summed E-state index contributed by atoms with van der Waals surface area (Å²) in [6.07, 6.45) is 48.6. The zero-order valence-corrected chi connectivity index (χ0v) is 70.8. The van der Waals surface area contributed by atoms with Crippen LogP contribution in [-0.2, 0) is 0 Å². The van der Waals surface area contributed by atoms with Gasteiger partial charge in [0.15, 0.2) is 0 Å². The van der Waals surface area contributed by atoms with Gasteiger partial charge in [-0.15, -0.1) is 9.24 Å². The molecule has 0 N–H and O–H groups in total. The van der Waals surface area contributed by atoms with E-state index < -0.39 is 7.92 Å². The fraction of sp³-hybridized carbons (Fsp3) is 0.392.